The zero-order valence-electron chi connectivity index (χ0n) is 10.7. The Bertz CT molecular complexity index is 304. The Morgan fingerprint density at radius 2 is 2.06 bits per heavy atom. The second kappa shape index (κ2) is 5.58. The third-order valence-electron chi connectivity index (χ3n) is 3.50. The highest BCUT2D eigenvalue weighted by Crippen LogP contribution is 2.25. The van der Waals surface area contributed by atoms with E-state index in [1.165, 1.54) is 4.90 Å². The Hall–Kier alpha value is -0.970. The van der Waals surface area contributed by atoms with Crippen LogP contribution in [0.1, 0.15) is 46.5 Å². The van der Waals surface area contributed by atoms with Gasteiger partial charge >= 0.3 is 0 Å². The lowest BCUT2D eigenvalue weighted by molar-refractivity contribution is -0.235. The predicted octanol–water partition coefficient (Wildman–Crippen LogP) is 2.23. The summed E-state index contributed by atoms with van der Waals surface area (Å²) in [5, 5.41) is 0. The molecule has 1 atom stereocenters. The SMILES string of the molecule is CCC(C)(C)C(=O)C(=O)N1CCCCC1OF. The molecular weight excluding hydrogens is 225 g/mol. The highest BCUT2D eigenvalue weighted by Gasteiger charge is 2.38. The second-order valence-corrected chi connectivity index (χ2v) is 5.10. The molecule has 0 saturated carbocycles. The van der Waals surface area contributed by atoms with E-state index in [4.69, 9.17) is 0 Å². The molecule has 0 radical (unpaired) electrons. The lowest BCUT2D eigenvalue weighted by Crippen LogP contribution is -2.50. The fraction of sp³-hybridized carbons (Fsp3) is 0.833. The van der Waals surface area contributed by atoms with E-state index in [-0.39, 0.29) is 0 Å². The van der Waals surface area contributed by atoms with Crippen molar-refractivity contribution in [3.8, 4) is 0 Å². The van der Waals surface area contributed by atoms with Crippen LogP contribution in [0.2, 0.25) is 0 Å². The summed E-state index contributed by atoms with van der Waals surface area (Å²) in [5.41, 5.74) is -0.699. The molecule has 0 spiro atoms. The highest BCUT2D eigenvalue weighted by molar-refractivity contribution is 6.37. The van der Waals surface area contributed by atoms with Gasteiger partial charge in [-0.3, -0.25) is 9.59 Å². The molecule has 1 aliphatic heterocycles. The molecule has 1 fully saturated rings. The molecule has 0 aliphatic carbocycles. The molecule has 1 aliphatic rings. The van der Waals surface area contributed by atoms with Crippen LogP contribution in [0.5, 0.6) is 0 Å². The molecule has 0 aromatic rings. The van der Waals surface area contributed by atoms with Crippen LogP contribution >= 0.6 is 0 Å². The van der Waals surface area contributed by atoms with Crippen molar-refractivity contribution >= 4 is 11.7 Å². The molecule has 5 heteroatoms. The van der Waals surface area contributed by atoms with E-state index in [2.05, 4.69) is 4.94 Å². The van der Waals surface area contributed by atoms with Crippen LogP contribution in [0, 0.1) is 5.41 Å². The number of carbonyl (C=O) groups excluding carboxylic acids is 2. The molecular formula is C12H20FNO3. The van der Waals surface area contributed by atoms with Crippen LogP contribution in [0.3, 0.4) is 0 Å². The van der Waals surface area contributed by atoms with E-state index in [0.717, 1.165) is 12.8 Å². The van der Waals surface area contributed by atoms with Gasteiger partial charge in [-0.25, -0.2) is 0 Å². The van der Waals surface area contributed by atoms with E-state index in [1.54, 1.807) is 13.8 Å². The first-order valence-electron chi connectivity index (χ1n) is 6.07. The monoisotopic (exact) mass is 245 g/mol. The molecule has 0 N–H and O–H groups in total. The minimum absolute atomic E-state index is 0.388. The van der Waals surface area contributed by atoms with Crippen molar-refractivity contribution < 1.29 is 19.1 Å². The van der Waals surface area contributed by atoms with Gasteiger partial charge in [-0.05, 0) is 30.2 Å². The number of nitrogens with zero attached hydrogens (tertiary/aromatic N) is 1. The van der Waals surface area contributed by atoms with Crippen LogP contribution in [0.4, 0.5) is 4.53 Å². The molecule has 1 unspecified atom stereocenters. The Kier molecular flexibility index (Phi) is 4.62. The van der Waals surface area contributed by atoms with Gasteiger partial charge < -0.3 is 4.90 Å². The summed E-state index contributed by atoms with van der Waals surface area (Å²) >= 11 is 0. The van der Waals surface area contributed by atoms with Gasteiger partial charge in [0, 0.05) is 12.0 Å². The maximum atomic E-state index is 12.3. The lowest BCUT2D eigenvalue weighted by Gasteiger charge is -2.33. The van der Waals surface area contributed by atoms with Gasteiger partial charge in [-0.15, -0.1) is 0 Å². The summed E-state index contributed by atoms with van der Waals surface area (Å²) in [7, 11) is 0. The van der Waals surface area contributed by atoms with Crippen LogP contribution < -0.4 is 0 Å². The van der Waals surface area contributed by atoms with Crippen molar-refractivity contribution in [2.45, 2.75) is 52.7 Å². The van der Waals surface area contributed by atoms with E-state index >= 15 is 0 Å². The number of Topliss-reactive ketones (excluding diaryl/α,β-unsaturated/α-hetero) is 1. The van der Waals surface area contributed by atoms with Gasteiger partial charge in [0.2, 0.25) is 5.78 Å². The molecule has 1 saturated heterocycles. The van der Waals surface area contributed by atoms with Crippen LogP contribution in [0.25, 0.3) is 0 Å². The standard InChI is InChI=1S/C12H20FNO3/c1-4-12(2,3)10(15)11(16)14-8-6-5-7-9(14)17-13/h9H,4-8H2,1-3H3. The van der Waals surface area contributed by atoms with Gasteiger partial charge in [-0.2, -0.15) is 4.94 Å². The smallest absolute Gasteiger partial charge is 0.292 e. The largest absolute Gasteiger partial charge is 0.307 e. The molecule has 0 bridgehead atoms. The first-order chi connectivity index (χ1) is 7.94. The van der Waals surface area contributed by atoms with Crippen molar-refractivity contribution in [2.24, 2.45) is 5.41 Å². The molecule has 1 rings (SSSR count). The summed E-state index contributed by atoms with van der Waals surface area (Å²) in [4.78, 5) is 29.0. The van der Waals surface area contributed by atoms with Crippen molar-refractivity contribution in [2.75, 3.05) is 6.54 Å². The van der Waals surface area contributed by atoms with E-state index in [9.17, 15) is 14.1 Å². The van der Waals surface area contributed by atoms with Gasteiger partial charge in [0.05, 0.1) is 0 Å². The first kappa shape index (κ1) is 14.1. The third kappa shape index (κ3) is 3.03. The van der Waals surface area contributed by atoms with E-state index in [1.807, 2.05) is 6.92 Å². The van der Waals surface area contributed by atoms with Crippen molar-refractivity contribution in [3.05, 3.63) is 0 Å². The molecule has 0 aromatic carbocycles. The molecule has 17 heavy (non-hydrogen) atoms. The zero-order chi connectivity index (χ0) is 13.1. The lowest BCUT2D eigenvalue weighted by atomic mass is 9.84. The highest BCUT2D eigenvalue weighted by atomic mass is 19.3. The number of hydrogen-bond acceptors (Lipinski definition) is 3. The van der Waals surface area contributed by atoms with E-state index in [0.29, 0.717) is 19.4 Å². The number of ketones is 1. The number of piperidine rings is 1. The number of carbonyl (C=O) groups is 2. The molecule has 98 valence electrons. The van der Waals surface area contributed by atoms with Crippen LogP contribution in [-0.4, -0.2) is 29.4 Å². The van der Waals surface area contributed by atoms with Gasteiger partial charge in [0.1, 0.15) is 0 Å². The fourth-order valence-corrected chi connectivity index (χ4v) is 1.81. The summed E-state index contributed by atoms with van der Waals surface area (Å²) in [6.07, 6.45) is 1.72. The average molecular weight is 245 g/mol. The number of rotatable bonds is 4. The Morgan fingerprint density at radius 1 is 1.41 bits per heavy atom. The predicted molar refractivity (Wildman–Crippen MR) is 60.6 cm³/mol. The Morgan fingerprint density at radius 3 is 2.59 bits per heavy atom. The topological polar surface area (TPSA) is 46.6 Å². The molecule has 1 amide bonds. The molecule has 1 heterocycles. The minimum Gasteiger partial charge on any atom is -0.307 e. The quantitative estimate of drug-likeness (QED) is 0.713. The maximum absolute atomic E-state index is 12.3. The average Bonchev–Trinajstić information content (AvgIpc) is 2.36. The number of hydrogen-bond donors (Lipinski definition) is 0. The van der Waals surface area contributed by atoms with Crippen molar-refractivity contribution in [1.82, 2.24) is 4.90 Å². The second-order valence-electron chi connectivity index (χ2n) is 5.10. The summed E-state index contributed by atoms with van der Waals surface area (Å²) in [6, 6.07) is 0. The first-order valence-corrected chi connectivity index (χ1v) is 6.07. The van der Waals surface area contributed by atoms with Gasteiger partial charge in [0.25, 0.3) is 5.91 Å². The number of likely N-dealkylation sites (tertiary alicyclic amines) is 1. The van der Waals surface area contributed by atoms with E-state index < -0.39 is 23.3 Å². The fourth-order valence-electron chi connectivity index (χ4n) is 1.81. The third-order valence-corrected chi connectivity index (χ3v) is 3.50. The minimum atomic E-state index is -0.896. The number of amides is 1. The molecule has 0 aromatic heterocycles. The van der Waals surface area contributed by atoms with Crippen LogP contribution in [0.15, 0.2) is 0 Å². The van der Waals surface area contributed by atoms with Gasteiger partial charge in [0.15, 0.2) is 6.23 Å². The zero-order valence-corrected chi connectivity index (χ0v) is 10.7. The number of halogens is 1. The van der Waals surface area contributed by atoms with Gasteiger partial charge in [-0.1, -0.05) is 20.8 Å². The van der Waals surface area contributed by atoms with Crippen LogP contribution in [-0.2, 0) is 14.5 Å². The Labute approximate surface area is 101 Å². The molecule has 4 nitrogen and oxygen atoms in total. The van der Waals surface area contributed by atoms with Crippen molar-refractivity contribution in [1.29, 1.82) is 0 Å². The summed E-state index contributed by atoms with van der Waals surface area (Å²) in [6.45, 7) is 5.69. The van der Waals surface area contributed by atoms with Crippen molar-refractivity contribution in [3.63, 3.8) is 0 Å². The maximum Gasteiger partial charge on any atom is 0.292 e. The normalized spacial score (nSPS) is 21.4. The summed E-state index contributed by atoms with van der Waals surface area (Å²) < 4.78 is 12.3. The summed E-state index contributed by atoms with van der Waals surface area (Å²) in [5.74, 6) is -1.09. The Balaban J connectivity index is 2.77.